The third-order valence-electron chi connectivity index (χ3n) is 4.01. The highest BCUT2D eigenvalue weighted by Gasteiger charge is 2.37. The molecule has 0 aromatic rings. The normalized spacial score (nSPS) is 26.4. The summed E-state index contributed by atoms with van der Waals surface area (Å²) in [6.45, 7) is 11.3. The van der Waals surface area contributed by atoms with Gasteiger partial charge in [0.2, 0.25) is 5.91 Å². The molecular formula is C14H28N2O2. The van der Waals surface area contributed by atoms with E-state index in [1.54, 1.807) is 0 Å². The number of hydrogen-bond acceptors (Lipinski definition) is 3. The fourth-order valence-electron chi connectivity index (χ4n) is 2.60. The van der Waals surface area contributed by atoms with Crippen LogP contribution >= 0.6 is 0 Å². The Hall–Kier alpha value is -0.610. The molecule has 4 heteroatoms. The van der Waals surface area contributed by atoms with Crippen molar-refractivity contribution >= 4 is 5.91 Å². The Morgan fingerprint density at radius 3 is 2.56 bits per heavy atom. The monoisotopic (exact) mass is 256 g/mol. The van der Waals surface area contributed by atoms with E-state index in [0.717, 1.165) is 19.4 Å². The summed E-state index contributed by atoms with van der Waals surface area (Å²) in [6.07, 6.45) is 1.51. The van der Waals surface area contributed by atoms with Crippen molar-refractivity contribution in [3.05, 3.63) is 0 Å². The SMILES string of the molecule is CC(C)C(O)C(C)(C)CNC(=O)C1(C)CCCN1. The smallest absolute Gasteiger partial charge is 0.240 e. The van der Waals surface area contributed by atoms with Gasteiger partial charge in [-0.1, -0.05) is 27.7 Å². The highest BCUT2D eigenvalue weighted by molar-refractivity contribution is 5.86. The van der Waals surface area contributed by atoms with Gasteiger partial charge in [-0.2, -0.15) is 0 Å². The first-order valence-electron chi connectivity index (χ1n) is 6.90. The van der Waals surface area contributed by atoms with Gasteiger partial charge in [-0.3, -0.25) is 4.79 Å². The predicted octanol–water partition coefficient (Wildman–Crippen LogP) is 1.29. The fraction of sp³-hybridized carbons (Fsp3) is 0.929. The summed E-state index contributed by atoms with van der Waals surface area (Å²) >= 11 is 0. The topological polar surface area (TPSA) is 61.4 Å². The molecule has 1 heterocycles. The molecule has 0 radical (unpaired) electrons. The lowest BCUT2D eigenvalue weighted by atomic mass is 9.80. The second-order valence-electron chi connectivity index (χ2n) is 6.72. The first kappa shape index (κ1) is 15.4. The number of aliphatic hydroxyl groups excluding tert-OH is 1. The highest BCUT2D eigenvalue weighted by atomic mass is 16.3. The van der Waals surface area contributed by atoms with Gasteiger partial charge in [0, 0.05) is 12.0 Å². The molecule has 3 N–H and O–H groups in total. The highest BCUT2D eigenvalue weighted by Crippen LogP contribution is 2.26. The van der Waals surface area contributed by atoms with Gasteiger partial charge in [-0.25, -0.2) is 0 Å². The van der Waals surface area contributed by atoms with Crippen LogP contribution in [0.3, 0.4) is 0 Å². The maximum Gasteiger partial charge on any atom is 0.240 e. The standard InChI is InChI=1S/C14H28N2O2/c1-10(2)11(17)13(3,4)9-15-12(18)14(5)7-6-8-16-14/h10-11,16-17H,6-9H2,1-5H3,(H,15,18). The van der Waals surface area contributed by atoms with Crippen LogP contribution in [0, 0.1) is 11.3 Å². The molecule has 1 amide bonds. The van der Waals surface area contributed by atoms with Gasteiger partial charge in [0.25, 0.3) is 0 Å². The summed E-state index contributed by atoms with van der Waals surface area (Å²) in [5.74, 6) is 0.237. The van der Waals surface area contributed by atoms with Gasteiger partial charge in [0.15, 0.2) is 0 Å². The maximum absolute atomic E-state index is 12.2. The summed E-state index contributed by atoms with van der Waals surface area (Å²) in [4.78, 5) is 12.2. The number of aliphatic hydroxyl groups is 1. The Kier molecular flexibility index (Phi) is 4.78. The van der Waals surface area contributed by atoms with Gasteiger partial charge in [-0.15, -0.1) is 0 Å². The average molecular weight is 256 g/mol. The van der Waals surface area contributed by atoms with E-state index in [0.29, 0.717) is 6.54 Å². The van der Waals surface area contributed by atoms with Crippen molar-refractivity contribution in [3.8, 4) is 0 Å². The molecule has 0 aromatic heterocycles. The second-order valence-corrected chi connectivity index (χ2v) is 6.72. The molecule has 0 aromatic carbocycles. The molecule has 0 spiro atoms. The number of nitrogens with one attached hydrogen (secondary N) is 2. The van der Waals surface area contributed by atoms with Crippen LogP contribution in [0.1, 0.15) is 47.5 Å². The Morgan fingerprint density at radius 2 is 2.11 bits per heavy atom. The van der Waals surface area contributed by atoms with E-state index in [-0.39, 0.29) is 17.2 Å². The Morgan fingerprint density at radius 1 is 1.50 bits per heavy atom. The van der Waals surface area contributed by atoms with Crippen LogP contribution in [0.2, 0.25) is 0 Å². The van der Waals surface area contributed by atoms with E-state index in [2.05, 4.69) is 10.6 Å². The second kappa shape index (κ2) is 5.57. The zero-order valence-corrected chi connectivity index (χ0v) is 12.3. The molecule has 2 unspecified atom stereocenters. The predicted molar refractivity (Wildman–Crippen MR) is 73.3 cm³/mol. The van der Waals surface area contributed by atoms with Crippen LogP contribution in [-0.4, -0.2) is 35.7 Å². The molecule has 0 aliphatic carbocycles. The van der Waals surface area contributed by atoms with E-state index in [4.69, 9.17) is 0 Å². The molecule has 106 valence electrons. The van der Waals surface area contributed by atoms with Crippen LogP contribution in [-0.2, 0) is 4.79 Å². The molecule has 0 saturated carbocycles. The van der Waals surface area contributed by atoms with E-state index < -0.39 is 11.6 Å². The first-order chi connectivity index (χ1) is 8.19. The lowest BCUT2D eigenvalue weighted by molar-refractivity contribution is -0.127. The average Bonchev–Trinajstić information content (AvgIpc) is 2.73. The van der Waals surface area contributed by atoms with Gasteiger partial charge < -0.3 is 15.7 Å². The zero-order valence-electron chi connectivity index (χ0n) is 12.3. The van der Waals surface area contributed by atoms with Crippen LogP contribution < -0.4 is 10.6 Å². The van der Waals surface area contributed by atoms with Crippen molar-refractivity contribution in [2.24, 2.45) is 11.3 Å². The largest absolute Gasteiger partial charge is 0.392 e. The molecule has 0 bridgehead atoms. The van der Waals surface area contributed by atoms with E-state index >= 15 is 0 Å². The Balaban J connectivity index is 2.51. The number of amides is 1. The molecule has 1 rings (SSSR count). The minimum absolute atomic E-state index is 0.0454. The summed E-state index contributed by atoms with van der Waals surface area (Å²) in [7, 11) is 0. The molecule has 1 fully saturated rings. The van der Waals surface area contributed by atoms with Crippen LogP contribution in [0.5, 0.6) is 0 Å². The maximum atomic E-state index is 12.2. The van der Waals surface area contributed by atoms with Crippen molar-refractivity contribution in [3.63, 3.8) is 0 Å². The summed E-state index contributed by atoms with van der Waals surface area (Å²) < 4.78 is 0. The molecular weight excluding hydrogens is 228 g/mol. The molecule has 1 aliphatic rings. The van der Waals surface area contributed by atoms with Gasteiger partial charge in [0.1, 0.15) is 0 Å². The Labute approximate surface area is 111 Å². The van der Waals surface area contributed by atoms with Gasteiger partial charge >= 0.3 is 0 Å². The molecule has 18 heavy (non-hydrogen) atoms. The van der Waals surface area contributed by atoms with Crippen LogP contribution in [0.15, 0.2) is 0 Å². The molecule has 1 saturated heterocycles. The zero-order chi connectivity index (χ0) is 14.0. The molecule has 2 atom stereocenters. The van der Waals surface area contributed by atoms with Crippen molar-refractivity contribution in [1.29, 1.82) is 0 Å². The number of hydrogen-bond donors (Lipinski definition) is 3. The lowest BCUT2D eigenvalue weighted by Gasteiger charge is -2.34. The summed E-state index contributed by atoms with van der Waals surface area (Å²) in [5.41, 5.74) is -0.738. The van der Waals surface area contributed by atoms with E-state index in [9.17, 15) is 9.90 Å². The first-order valence-corrected chi connectivity index (χ1v) is 6.90. The Bertz CT molecular complexity index is 294. The van der Waals surface area contributed by atoms with Crippen molar-refractivity contribution in [1.82, 2.24) is 10.6 Å². The number of rotatable bonds is 5. The lowest BCUT2D eigenvalue weighted by Crippen LogP contribution is -2.54. The van der Waals surface area contributed by atoms with Gasteiger partial charge in [-0.05, 0) is 32.2 Å². The fourth-order valence-corrected chi connectivity index (χ4v) is 2.60. The van der Waals surface area contributed by atoms with Crippen molar-refractivity contribution in [2.75, 3.05) is 13.1 Å². The van der Waals surface area contributed by atoms with Crippen LogP contribution in [0.4, 0.5) is 0 Å². The van der Waals surface area contributed by atoms with E-state index in [1.165, 1.54) is 0 Å². The third-order valence-corrected chi connectivity index (χ3v) is 4.01. The summed E-state index contributed by atoms with van der Waals surface area (Å²) in [5, 5.41) is 16.4. The minimum Gasteiger partial charge on any atom is -0.392 e. The molecule has 1 aliphatic heterocycles. The quantitative estimate of drug-likeness (QED) is 0.694. The summed E-state index contributed by atoms with van der Waals surface area (Å²) in [6, 6.07) is 0. The molecule has 4 nitrogen and oxygen atoms in total. The van der Waals surface area contributed by atoms with Gasteiger partial charge in [0.05, 0.1) is 11.6 Å². The van der Waals surface area contributed by atoms with E-state index in [1.807, 2.05) is 34.6 Å². The third kappa shape index (κ3) is 3.45. The number of carbonyl (C=O) groups excluding carboxylic acids is 1. The van der Waals surface area contributed by atoms with Crippen LogP contribution in [0.25, 0.3) is 0 Å². The minimum atomic E-state index is -0.432. The number of carbonyl (C=O) groups is 1. The van der Waals surface area contributed by atoms with Crippen molar-refractivity contribution in [2.45, 2.75) is 59.1 Å². The van der Waals surface area contributed by atoms with Crippen molar-refractivity contribution < 1.29 is 9.90 Å².